The summed E-state index contributed by atoms with van der Waals surface area (Å²) in [4.78, 5) is 12.8. The molecule has 0 spiro atoms. The van der Waals surface area contributed by atoms with Crippen molar-refractivity contribution in [3.63, 3.8) is 0 Å². The Bertz CT molecular complexity index is 915. The monoisotopic (exact) mass is 357 g/mol. The number of hydrogen-bond acceptors (Lipinski definition) is 5. The Kier molecular flexibility index (Phi) is 5.22. The van der Waals surface area contributed by atoms with E-state index >= 15 is 0 Å². The lowest BCUT2D eigenvalue weighted by Crippen LogP contribution is -2.30. The van der Waals surface area contributed by atoms with E-state index in [0.29, 0.717) is 24.7 Å². The van der Waals surface area contributed by atoms with Gasteiger partial charge in [0.25, 0.3) is 5.91 Å². The minimum absolute atomic E-state index is 0.170. The molecule has 0 unspecified atom stereocenters. The summed E-state index contributed by atoms with van der Waals surface area (Å²) in [6, 6.07) is 7.31. The summed E-state index contributed by atoms with van der Waals surface area (Å²) in [7, 11) is 5.14. The lowest BCUT2D eigenvalue weighted by molar-refractivity contribution is 0.0929. The number of aromatic nitrogens is 4. The number of rotatable bonds is 7. The SMILES string of the molecule is COCCn1cnnc1[C@H](C)NC(=O)c1cc2cc(OC)ccc2n1C. The number of nitrogens with zero attached hydrogens (tertiary/aromatic N) is 4. The lowest BCUT2D eigenvalue weighted by Gasteiger charge is -2.15. The molecule has 1 amide bonds. The number of benzene rings is 1. The molecule has 8 nitrogen and oxygen atoms in total. The Hall–Kier alpha value is -2.87. The van der Waals surface area contributed by atoms with Gasteiger partial charge in [0, 0.05) is 31.6 Å². The summed E-state index contributed by atoms with van der Waals surface area (Å²) < 4.78 is 14.1. The van der Waals surface area contributed by atoms with E-state index in [9.17, 15) is 4.79 Å². The maximum absolute atomic E-state index is 12.8. The fourth-order valence-electron chi connectivity index (χ4n) is 2.97. The molecule has 0 aliphatic rings. The van der Waals surface area contributed by atoms with Crippen molar-refractivity contribution in [3.8, 4) is 5.75 Å². The Morgan fingerprint density at radius 3 is 2.85 bits per heavy atom. The molecule has 1 aromatic carbocycles. The van der Waals surface area contributed by atoms with Gasteiger partial charge in [0.2, 0.25) is 0 Å². The first-order valence-corrected chi connectivity index (χ1v) is 8.36. The third kappa shape index (κ3) is 3.41. The van der Waals surface area contributed by atoms with Crippen molar-refractivity contribution in [1.29, 1.82) is 0 Å². The summed E-state index contributed by atoms with van der Waals surface area (Å²) in [5.74, 6) is 1.28. The summed E-state index contributed by atoms with van der Waals surface area (Å²) >= 11 is 0. The molecule has 0 aliphatic carbocycles. The number of amides is 1. The van der Waals surface area contributed by atoms with Gasteiger partial charge in [0.15, 0.2) is 5.82 Å². The average molecular weight is 357 g/mol. The highest BCUT2D eigenvalue weighted by Gasteiger charge is 2.19. The zero-order valence-electron chi connectivity index (χ0n) is 15.4. The second kappa shape index (κ2) is 7.57. The molecule has 0 aliphatic heterocycles. The second-order valence-corrected chi connectivity index (χ2v) is 6.08. The molecule has 2 aromatic heterocycles. The molecule has 3 rings (SSSR count). The van der Waals surface area contributed by atoms with Crippen LogP contribution < -0.4 is 10.1 Å². The Morgan fingerprint density at radius 1 is 1.31 bits per heavy atom. The van der Waals surface area contributed by atoms with E-state index in [0.717, 1.165) is 16.7 Å². The van der Waals surface area contributed by atoms with E-state index in [-0.39, 0.29) is 11.9 Å². The van der Waals surface area contributed by atoms with Crippen molar-refractivity contribution in [3.05, 3.63) is 42.1 Å². The number of nitrogens with one attached hydrogen (secondary N) is 1. The van der Waals surface area contributed by atoms with Crippen LogP contribution in [0.3, 0.4) is 0 Å². The highest BCUT2D eigenvalue weighted by Crippen LogP contribution is 2.24. The fourth-order valence-corrected chi connectivity index (χ4v) is 2.97. The van der Waals surface area contributed by atoms with Gasteiger partial charge in [-0.2, -0.15) is 0 Å². The van der Waals surface area contributed by atoms with Crippen molar-refractivity contribution in [2.24, 2.45) is 7.05 Å². The van der Waals surface area contributed by atoms with E-state index in [1.807, 2.05) is 47.4 Å². The maximum Gasteiger partial charge on any atom is 0.268 e. The summed E-state index contributed by atoms with van der Waals surface area (Å²) in [6.07, 6.45) is 1.64. The molecule has 138 valence electrons. The van der Waals surface area contributed by atoms with Crippen LogP contribution in [0.1, 0.15) is 29.3 Å². The van der Waals surface area contributed by atoms with E-state index in [4.69, 9.17) is 9.47 Å². The van der Waals surface area contributed by atoms with Crippen LogP contribution in [-0.4, -0.2) is 46.1 Å². The van der Waals surface area contributed by atoms with Gasteiger partial charge in [-0.1, -0.05) is 0 Å². The molecular formula is C18H23N5O3. The van der Waals surface area contributed by atoms with E-state index in [1.54, 1.807) is 20.5 Å². The molecule has 0 bridgehead atoms. The smallest absolute Gasteiger partial charge is 0.268 e. The van der Waals surface area contributed by atoms with Crippen LogP contribution in [-0.2, 0) is 18.3 Å². The van der Waals surface area contributed by atoms with Gasteiger partial charge >= 0.3 is 0 Å². The molecule has 8 heteroatoms. The van der Waals surface area contributed by atoms with Crippen LogP contribution in [0.4, 0.5) is 0 Å². The van der Waals surface area contributed by atoms with Crippen LogP contribution in [0.15, 0.2) is 30.6 Å². The molecule has 0 fully saturated rings. The van der Waals surface area contributed by atoms with Crippen molar-refractivity contribution in [2.45, 2.75) is 19.5 Å². The number of fused-ring (bicyclic) bond motifs is 1. The molecule has 3 aromatic rings. The predicted octanol–water partition coefficient (Wildman–Crippen LogP) is 1.92. The normalized spacial score (nSPS) is 12.3. The number of carbonyl (C=O) groups excluding carboxylic acids is 1. The molecule has 26 heavy (non-hydrogen) atoms. The summed E-state index contributed by atoms with van der Waals surface area (Å²) in [6.45, 7) is 3.07. The predicted molar refractivity (Wildman–Crippen MR) is 97.3 cm³/mol. The van der Waals surface area contributed by atoms with E-state index in [1.165, 1.54) is 0 Å². The first-order valence-electron chi connectivity index (χ1n) is 8.36. The van der Waals surface area contributed by atoms with Crippen LogP contribution in [0.2, 0.25) is 0 Å². The molecular weight excluding hydrogens is 334 g/mol. The number of methoxy groups -OCH3 is 2. The lowest BCUT2D eigenvalue weighted by atomic mass is 10.2. The quantitative estimate of drug-likeness (QED) is 0.698. The van der Waals surface area contributed by atoms with Gasteiger partial charge in [0.1, 0.15) is 17.8 Å². The third-order valence-corrected chi connectivity index (χ3v) is 4.40. The van der Waals surface area contributed by atoms with Crippen LogP contribution in [0.25, 0.3) is 10.9 Å². The highest BCUT2D eigenvalue weighted by molar-refractivity contribution is 5.99. The maximum atomic E-state index is 12.8. The summed E-state index contributed by atoms with van der Waals surface area (Å²) in [5.41, 5.74) is 1.54. The summed E-state index contributed by atoms with van der Waals surface area (Å²) in [5, 5.41) is 12.0. The second-order valence-electron chi connectivity index (χ2n) is 6.08. The molecule has 2 heterocycles. The number of carbonyl (C=O) groups is 1. The zero-order valence-corrected chi connectivity index (χ0v) is 15.4. The van der Waals surface area contributed by atoms with E-state index in [2.05, 4.69) is 15.5 Å². The van der Waals surface area contributed by atoms with Crippen molar-refractivity contribution in [1.82, 2.24) is 24.6 Å². The van der Waals surface area contributed by atoms with Gasteiger partial charge in [0.05, 0.1) is 19.8 Å². The third-order valence-electron chi connectivity index (χ3n) is 4.40. The first kappa shape index (κ1) is 17.9. The number of aryl methyl sites for hydroxylation is 1. The molecule has 0 saturated heterocycles. The van der Waals surface area contributed by atoms with Crippen LogP contribution >= 0.6 is 0 Å². The molecule has 0 saturated carbocycles. The number of ether oxygens (including phenoxy) is 2. The standard InChI is InChI=1S/C18H23N5O3/c1-12(17-21-19-11-23(17)7-8-25-3)20-18(24)16-10-13-9-14(26-4)5-6-15(13)22(16)2/h5-6,9-12H,7-8H2,1-4H3,(H,20,24)/t12-/m0/s1. The van der Waals surface area contributed by atoms with Crippen molar-refractivity contribution in [2.75, 3.05) is 20.8 Å². The number of hydrogen-bond donors (Lipinski definition) is 1. The minimum Gasteiger partial charge on any atom is -0.497 e. The average Bonchev–Trinajstić information content (AvgIpc) is 3.24. The first-order chi connectivity index (χ1) is 12.5. The van der Waals surface area contributed by atoms with Gasteiger partial charge in [-0.25, -0.2) is 0 Å². The highest BCUT2D eigenvalue weighted by atomic mass is 16.5. The van der Waals surface area contributed by atoms with Crippen LogP contribution in [0.5, 0.6) is 5.75 Å². The zero-order chi connectivity index (χ0) is 18.7. The van der Waals surface area contributed by atoms with Crippen LogP contribution in [0, 0.1) is 0 Å². The van der Waals surface area contributed by atoms with Gasteiger partial charge in [-0.3, -0.25) is 4.79 Å². The van der Waals surface area contributed by atoms with Crippen molar-refractivity contribution >= 4 is 16.8 Å². The van der Waals surface area contributed by atoms with Crippen molar-refractivity contribution < 1.29 is 14.3 Å². The molecule has 1 atom stereocenters. The Labute approximate surface area is 151 Å². The largest absolute Gasteiger partial charge is 0.497 e. The molecule has 1 N–H and O–H groups in total. The minimum atomic E-state index is -0.283. The van der Waals surface area contributed by atoms with Gasteiger partial charge < -0.3 is 23.9 Å². The van der Waals surface area contributed by atoms with E-state index < -0.39 is 0 Å². The van der Waals surface area contributed by atoms with Gasteiger partial charge in [-0.15, -0.1) is 10.2 Å². The Morgan fingerprint density at radius 2 is 2.12 bits per heavy atom. The fraction of sp³-hybridized carbons (Fsp3) is 0.389. The Balaban J connectivity index is 1.80. The van der Waals surface area contributed by atoms with Gasteiger partial charge in [-0.05, 0) is 31.2 Å². The molecule has 0 radical (unpaired) electrons. The topological polar surface area (TPSA) is 83.2 Å².